The number of carbonyl (C=O) groups is 2. The van der Waals surface area contributed by atoms with Gasteiger partial charge in [-0.2, -0.15) is 0 Å². The molecule has 0 atom stereocenters. The number of esters is 1. The zero-order chi connectivity index (χ0) is 20.0. The third-order valence-electron chi connectivity index (χ3n) is 3.89. The molecule has 2 N–H and O–H groups in total. The number of nitrogen functional groups attached to an aromatic ring is 1. The van der Waals surface area contributed by atoms with Gasteiger partial charge in [-0.05, 0) is 19.4 Å². The Bertz CT molecular complexity index is 987. The Morgan fingerprint density at radius 2 is 1.81 bits per heavy atom. The minimum atomic E-state index is -0.795. The maximum Gasteiger partial charge on any atom is 0.332 e. The van der Waals surface area contributed by atoms with E-state index in [9.17, 15) is 19.2 Å². The fraction of sp³-hybridized carbons (Fsp3) is 0.263. The van der Waals surface area contributed by atoms with E-state index in [4.69, 9.17) is 10.5 Å². The quantitative estimate of drug-likeness (QED) is 0.441. The van der Waals surface area contributed by atoms with Crippen molar-refractivity contribution in [3.63, 3.8) is 0 Å². The van der Waals surface area contributed by atoms with Crippen LogP contribution in [0.5, 0.6) is 0 Å². The lowest BCUT2D eigenvalue weighted by Gasteiger charge is -2.15. The second-order valence-electron chi connectivity index (χ2n) is 5.69. The van der Waals surface area contributed by atoms with Crippen LogP contribution in [-0.2, 0) is 22.6 Å². The van der Waals surface area contributed by atoms with Crippen molar-refractivity contribution in [1.29, 1.82) is 0 Å². The van der Waals surface area contributed by atoms with Crippen LogP contribution >= 0.6 is 0 Å². The normalized spacial score (nSPS) is 10.9. The molecule has 0 amide bonds. The number of anilines is 1. The SMILES string of the molecule is C/C=C/C(=O)OCC(=O)c1c(N)n(Cc2ccccc2)c(=O)n(CC)c1=O. The smallest absolute Gasteiger partial charge is 0.332 e. The monoisotopic (exact) mass is 371 g/mol. The fourth-order valence-corrected chi connectivity index (χ4v) is 2.57. The van der Waals surface area contributed by atoms with Crippen LogP contribution in [-0.4, -0.2) is 27.5 Å². The van der Waals surface area contributed by atoms with Gasteiger partial charge < -0.3 is 10.5 Å². The molecule has 2 rings (SSSR count). The molecule has 0 aliphatic heterocycles. The summed E-state index contributed by atoms with van der Waals surface area (Å²) in [6.45, 7) is 2.78. The Morgan fingerprint density at radius 3 is 2.41 bits per heavy atom. The standard InChI is InChI=1S/C19H21N3O5/c1-3-8-15(24)27-12-14(23)16-17(20)22(11-13-9-6-5-7-10-13)19(26)21(4-2)18(16)25/h3,5-10H,4,11-12,20H2,1-2H3/b8-3+. The van der Waals surface area contributed by atoms with Crippen molar-refractivity contribution in [3.8, 4) is 0 Å². The Morgan fingerprint density at radius 1 is 1.15 bits per heavy atom. The number of rotatable bonds is 7. The minimum absolute atomic E-state index is 0.0748. The van der Waals surface area contributed by atoms with Crippen LogP contribution in [0.4, 0.5) is 5.82 Å². The summed E-state index contributed by atoms with van der Waals surface area (Å²) in [7, 11) is 0. The molecule has 1 heterocycles. The number of hydrogen-bond acceptors (Lipinski definition) is 6. The molecule has 8 nitrogen and oxygen atoms in total. The molecule has 1 aromatic heterocycles. The van der Waals surface area contributed by atoms with Crippen LogP contribution in [0.25, 0.3) is 0 Å². The molecule has 0 aliphatic carbocycles. The highest BCUT2D eigenvalue weighted by Crippen LogP contribution is 2.10. The zero-order valence-electron chi connectivity index (χ0n) is 15.2. The molecule has 0 unspecified atom stereocenters. The van der Waals surface area contributed by atoms with E-state index in [2.05, 4.69) is 0 Å². The number of benzene rings is 1. The molecule has 2 aromatic rings. The average molecular weight is 371 g/mol. The van der Waals surface area contributed by atoms with Gasteiger partial charge in [-0.3, -0.25) is 18.7 Å². The highest BCUT2D eigenvalue weighted by atomic mass is 16.5. The highest BCUT2D eigenvalue weighted by Gasteiger charge is 2.23. The first-order chi connectivity index (χ1) is 12.9. The topological polar surface area (TPSA) is 113 Å². The molecule has 0 fully saturated rings. The number of carbonyl (C=O) groups excluding carboxylic acids is 2. The third kappa shape index (κ3) is 4.41. The largest absolute Gasteiger partial charge is 0.454 e. The van der Waals surface area contributed by atoms with Gasteiger partial charge in [-0.1, -0.05) is 36.4 Å². The predicted octanol–water partition coefficient (Wildman–Crippen LogP) is 0.962. The lowest BCUT2D eigenvalue weighted by molar-refractivity contribution is -0.136. The number of ether oxygens (including phenoxy) is 1. The molecular weight excluding hydrogens is 350 g/mol. The summed E-state index contributed by atoms with van der Waals surface area (Å²) >= 11 is 0. The second kappa shape index (κ2) is 8.79. The predicted molar refractivity (Wildman–Crippen MR) is 101 cm³/mol. The van der Waals surface area contributed by atoms with Crippen LogP contribution in [0, 0.1) is 0 Å². The lowest BCUT2D eigenvalue weighted by atomic mass is 10.2. The van der Waals surface area contributed by atoms with Crippen LogP contribution in [0.15, 0.2) is 52.1 Å². The first kappa shape index (κ1) is 19.9. The van der Waals surface area contributed by atoms with Crippen LogP contribution in [0.3, 0.4) is 0 Å². The number of aromatic nitrogens is 2. The van der Waals surface area contributed by atoms with Crippen molar-refractivity contribution in [2.45, 2.75) is 26.9 Å². The van der Waals surface area contributed by atoms with Gasteiger partial charge in [0.15, 0.2) is 6.61 Å². The summed E-state index contributed by atoms with van der Waals surface area (Å²) in [6.07, 6.45) is 2.61. The van der Waals surface area contributed by atoms with Gasteiger partial charge in [0.2, 0.25) is 5.78 Å². The van der Waals surface area contributed by atoms with Gasteiger partial charge in [0.1, 0.15) is 11.4 Å². The van der Waals surface area contributed by atoms with Crippen molar-refractivity contribution in [2.75, 3.05) is 12.3 Å². The number of Topliss-reactive ketones (excluding diaryl/α,β-unsaturated/α-hetero) is 1. The van der Waals surface area contributed by atoms with Gasteiger partial charge in [0.25, 0.3) is 5.56 Å². The molecule has 0 spiro atoms. The van der Waals surface area contributed by atoms with E-state index in [-0.39, 0.29) is 24.5 Å². The van der Waals surface area contributed by atoms with E-state index in [0.29, 0.717) is 0 Å². The van der Waals surface area contributed by atoms with E-state index in [1.54, 1.807) is 38.1 Å². The summed E-state index contributed by atoms with van der Waals surface area (Å²) in [5, 5.41) is 0. The van der Waals surface area contributed by atoms with Gasteiger partial charge in [-0.25, -0.2) is 9.59 Å². The number of ketones is 1. The molecule has 0 saturated carbocycles. The first-order valence-corrected chi connectivity index (χ1v) is 8.40. The van der Waals surface area contributed by atoms with Crippen LogP contribution in [0.1, 0.15) is 29.8 Å². The molecule has 142 valence electrons. The lowest BCUT2D eigenvalue weighted by Crippen LogP contribution is -2.44. The first-order valence-electron chi connectivity index (χ1n) is 8.40. The van der Waals surface area contributed by atoms with Gasteiger partial charge in [-0.15, -0.1) is 0 Å². The van der Waals surface area contributed by atoms with E-state index >= 15 is 0 Å². The summed E-state index contributed by atoms with van der Waals surface area (Å²) in [5.41, 5.74) is 5.02. The molecule has 8 heteroatoms. The summed E-state index contributed by atoms with van der Waals surface area (Å²) in [6, 6.07) is 9.04. The van der Waals surface area contributed by atoms with Crippen molar-refractivity contribution in [3.05, 3.63) is 74.4 Å². The minimum Gasteiger partial charge on any atom is -0.454 e. The fourth-order valence-electron chi connectivity index (χ4n) is 2.57. The summed E-state index contributed by atoms with van der Waals surface area (Å²) < 4.78 is 6.90. The molecule has 0 bridgehead atoms. The molecule has 0 aliphatic rings. The number of hydrogen-bond donors (Lipinski definition) is 1. The van der Waals surface area contributed by atoms with E-state index in [1.807, 2.05) is 6.07 Å². The third-order valence-corrected chi connectivity index (χ3v) is 3.89. The number of allylic oxidation sites excluding steroid dienone is 1. The highest BCUT2D eigenvalue weighted by molar-refractivity contribution is 6.01. The van der Waals surface area contributed by atoms with Gasteiger partial charge >= 0.3 is 11.7 Å². The number of nitrogens with two attached hydrogens (primary N) is 1. The van der Waals surface area contributed by atoms with E-state index in [0.717, 1.165) is 16.2 Å². The van der Waals surface area contributed by atoms with Gasteiger partial charge in [0, 0.05) is 12.6 Å². The molecule has 1 aromatic carbocycles. The van der Waals surface area contributed by atoms with Crippen molar-refractivity contribution in [1.82, 2.24) is 9.13 Å². The Balaban J connectivity index is 2.49. The molecule has 27 heavy (non-hydrogen) atoms. The van der Waals surface area contributed by atoms with E-state index in [1.165, 1.54) is 10.6 Å². The van der Waals surface area contributed by atoms with Crippen molar-refractivity contribution >= 4 is 17.6 Å². The Labute approximate surface area is 155 Å². The molecule has 0 radical (unpaired) electrons. The Kier molecular flexibility index (Phi) is 6.48. The summed E-state index contributed by atoms with van der Waals surface area (Å²) in [5.74, 6) is -1.72. The maximum atomic E-state index is 12.6. The number of nitrogens with zero attached hydrogens (tertiary/aromatic N) is 2. The van der Waals surface area contributed by atoms with Crippen LogP contribution in [0.2, 0.25) is 0 Å². The Hall–Kier alpha value is -3.42. The molecule has 0 saturated heterocycles. The zero-order valence-corrected chi connectivity index (χ0v) is 15.2. The maximum absolute atomic E-state index is 12.6. The second-order valence-corrected chi connectivity index (χ2v) is 5.69. The molecular formula is C19H21N3O5. The van der Waals surface area contributed by atoms with Crippen molar-refractivity contribution < 1.29 is 14.3 Å². The average Bonchev–Trinajstić information content (AvgIpc) is 2.65. The summed E-state index contributed by atoms with van der Waals surface area (Å²) in [4.78, 5) is 49.0. The van der Waals surface area contributed by atoms with E-state index < -0.39 is 29.6 Å². The van der Waals surface area contributed by atoms with Gasteiger partial charge in [0.05, 0.1) is 6.54 Å². The van der Waals surface area contributed by atoms with Crippen molar-refractivity contribution in [2.24, 2.45) is 0 Å². The van der Waals surface area contributed by atoms with Crippen LogP contribution < -0.4 is 17.0 Å².